The van der Waals surface area contributed by atoms with E-state index in [0.29, 0.717) is 5.56 Å². The Balaban J connectivity index is 2.47. The van der Waals surface area contributed by atoms with E-state index in [1.165, 1.54) is 20.8 Å². The van der Waals surface area contributed by atoms with Crippen molar-refractivity contribution in [3.8, 4) is 0 Å². The molecule has 25 heavy (non-hydrogen) atoms. The van der Waals surface area contributed by atoms with Gasteiger partial charge in [-0.2, -0.15) is 0 Å². The monoisotopic (exact) mass is 351 g/mol. The Morgan fingerprint density at radius 3 is 1.88 bits per heavy atom. The van der Waals surface area contributed by atoms with Crippen LogP contribution in [0.5, 0.6) is 0 Å². The molecule has 0 atom stereocenters. The third kappa shape index (κ3) is 3.71. The second-order valence-corrected chi connectivity index (χ2v) is 5.57. The van der Waals surface area contributed by atoms with Gasteiger partial charge >= 0.3 is 11.9 Å². The van der Waals surface area contributed by atoms with E-state index in [1.807, 2.05) is 0 Å². The van der Waals surface area contributed by atoms with Crippen molar-refractivity contribution in [3.05, 3.63) is 49.7 Å². The standard InChI is InChI=1S/C14H13N3O8/c1-7-4-9(16(20)21)11(10(5-7)17(22)23)15-6-8-12(18)24-14(2,3)25-13(8)19/h4-6,15H,1-3H3. The molecule has 11 nitrogen and oxygen atoms in total. The fourth-order valence-corrected chi connectivity index (χ4v) is 2.11. The predicted molar refractivity (Wildman–Crippen MR) is 82.5 cm³/mol. The Morgan fingerprint density at radius 1 is 1.04 bits per heavy atom. The zero-order chi connectivity index (χ0) is 18.9. The molecule has 1 aliphatic heterocycles. The Morgan fingerprint density at radius 2 is 1.48 bits per heavy atom. The summed E-state index contributed by atoms with van der Waals surface area (Å²) in [6.07, 6.45) is 0.782. The van der Waals surface area contributed by atoms with Gasteiger partial charge in [0.2, 0.25) is 0 Å². The van der Waals surface area contributed by atoms with Crippen LogP contribution < -0.4 is 5.32 Å². The molecule has 1 aromatic rings. The highest BCUT2D eigenvalue weighted by Crippen LogP contribution is 2.36. The molecule has 1 saturated heterocycles. The van der Waals surface area contributed by atoms with Gasteiger partial charge in [-0.25, -0.2) is 9.59 Å². The van der Waals surface area contributed by atoms with Gasteiger partial charge in [-0.1, -0.05) is 0 Å². The van der Waals surface area contributed by atoms with Crippen LogP contribution in [0.1, 0.15) is 19.4 Å². The molecule has 0 spiro atoms. The molecule has 0 radical (unpaired) electrons. The van der Waals surface area contributed by atoms with Crippen LogP contribution >= 0.6 is 0 Å². The average molecular weight is 351 g/mol. The molecule has 1 aliphatic rings. The number of anilines is 1. The maximum Gasteiger partial charge on any atom is 0.350 e. The minimum absolute atomic E-state index is 0.301. The maximum atomic E-state index is 11.8. The average Bonchev–Trinajstić information content (AvgIpc) is 2.45. The normalized spacial score (nSPS) is 15.9. The molecule has 132 valence electrons. The van der Waals surface area contributed by atoms with E-state index in [1.54, 1.807) is 0 Å². The topological polar surface area (TPSA) is 151 Å². The summed E-state index contributed by atoms with van der Waals surface area (Å²) in [7, 11) is 0. The number of hydrogen-bond donors (Lipinski definition) is 1. The first-order valence-electron chi connectivity index (χ1n) is 6.88. The van der Waals surface area contributed by atoms with Crippen LogP contribution in [0.4, 0.5) is 17.1 Å². The number of ether oxygens (including phenoxy) is 2. The van der Waals surface area contributed by atoms with Gasteiger partial charge in [0.25, 0.3) is 17.2 Å². The summed E-state index contributed by atoms with van der Waals surface area (Å²) in [6.45, 7) is 4.16. The molecule has 0 saturated carbocycles. The van der Waals surface area contributed by atoms with E-state index in [-0.39, 0.29) is 0 Å². The van der Waals surface area contributed by atoms with E-state index in [2.05, 4.69) is 5.32 Å². The number of carbonyl (C=O) groups excluding carboxylic acids is 2. The second-order valence-electron chi connectivity index (χ2n) is 5.57. The molecule has 0 aromatic heterocycles. The smallest absolute Gasteiger partial charge is 0.350 e. The van der Waals surface area contributed by atoms with E-state index >= 15 is 0 Å². The van der Waals surface area contributed by atoms with E-state index in [4.69, 9.17) is 9.47 Å². The van der Waals surface area contributed by atoms with Crippen molar-refractivity contribution in [2.45, 2.75) is 26.6 Å². The number of rotatable bonds is 4. The quantitative estimate of drug-likeness (QED) is 0.282. The molecule has 0 unspecified atom stereocenters. The van der Waals surface area contributed by atoms with Crippen LogP contribution in [0, 0.1) is 27.2 Å². The first-order valence-corrected chi connectivity index (χ1v) is 6.88. The minimum atomic E-state index is -1.45. The summed E-state index contributed by atoms with van der Waals surface area (Å²) in [5, 5.41) is 24.6. The number of nitrogens with one attached hydrogen (secondary N) is 1. The SMILES string of the molecule is Cc1cc([N+](=O)[O-])c(NC=C2C(=O)OC(C)(C)OC2=O)c([N+](=O)[O-])c1. The largest absolute Gasteiger partial charge is 0.419 e. The van der Waals surface area contributed by atoms with E-state index in [9.17, 15) is 29.8 Å². The lowest BCUT2D eigenvalue weighted by molar-refractivity contribution is -0.392. The van der Waals surface area contributed by atoms with Crippen molar-refractivity contribution in [2.75, 3.05) is 5.32 Å². The highest BCUT2D eigenvalue weighted by atomic mass is 16.7. The molecule has 0 bridgehead atoms. The zero-order valence-corrected chi connectivity index (χ0v) is 13.4. The van der Waals surface area contributed by atoms with Gasteiger partial charge in [0.05, 0.1) is 9.85 Å². The first kappa shape index (κ1) is 17.8. The number of nitrogens with zero attached hydrogens (tertiary/aromatic N) is 2. The lowest BCUT2D eigenvalue weighted by atomic mass is 10.1. The van der Waals surface area contributed by atoms with Crippen molar-refractivity contribution in [1.29, 1.82) is 0 Å². The summed E-state index contributed by atoms with van der Waals surface area (Å²) in [5.74, 6) is -3.50. The summed E-state index contributed by atoms with van der Waals surface area (Å²) in [4.78, 5) is 44.3. The van der Waals surface area contributed by atoms with E-state index < -0.39 is 50.2 Å². The van der Waals surface area contributed by atoms with Gasteiger partial charge in [-0.3, -0.25) is 20.2 Å². The van der Waals surface area contributed by atoms with Crippen molar-refractivity contribution >= 4 is 29.0 Å². The molecule has 0 amide bonds. The number of carbonyl (C=O) groups is 2. The van der Waals surface area contributed by atoms with Crippen LogP contribution in [-0.2, 0) is 19.1 Å². The van der Waals surface area contributed by atoms with Gasteiger partial charge in [-0.05, 0) is 12.5 Å². The molecule has 11 heteroatoms. The minimum Gasteiger partial charge on any atom is -0.419 e. The number of esters is 2. The molecule has 1 fully saturated rings. The molecule has 1 N–H and O–H groups in total. The van der Waals surface area contributed by atoms with Gasteiger partial charge in [0, 0.05) is 32.2 Å². The van der Waals surface area contributed by atoms with Crippen molar-refractivity contribution in [3.63, 3.8) is 0 Å². The van der Waals surface area contributed by atoms with Gasteiger partial charge in [0.1, 0.15) is 0 Å². The number of hydrogen-bond acceptors (Lipinski definition) is 9. The fourth-order valence-electron chi connectivity index (χ4n) is 2.11. The Bertz CT molecular complexity index is 770. The molecule has 0 aliphatic carbocycles. The number of aryl methyl sites for hydroxylation is 1. The lowest BCUT2D eigenvalue weighted by Crippen LogP contribution is -2.42. The van der Waals surface area contributed by atoms with Crippen LogP contribution in [0.3, 0.4) is 0 Å². The number of nitro groups is 2. The van der Waals surface area contributed by atoms with Crippen LogP contribution in [0.15, 0.2) is 23.9 Å². The van der Waals surface area contributed by atoms with Gasteiger partial charge in [-0.15, -0.1) is 0 Å². The summed E-state index contributed by atoms with van der Waals surface area (Å²) < 4.78 is 9.72. The highest BCUT2D eigenvalue weighted by Gasteiger charge is 2.39. The summed E-state index contributed by atoms with van der Waals surface area (Å²) >= 11 is 0. The molecule has 2 rings (SSSR count). The van der Waals surface area contributed by atoms with Crippen LogP contribution in [0.25, 0.3) is 0 Å². The number of benzene rings is 1. The van der Waals surface area contributed by atoms with Crippen LogP contribution in [0.2, 0.25) is 0 Å². The third-order valence-electron chi connectivity index (χ3n) is 3.11. The zero-order valence-electron chi connectivity index (χ0n) is 13.4. The molecular weight excluding hydrogens is 338 g/mol. The third-order valence-corrected chi connectivity index (χ3v) is 3.11. The number of nitro benzene ring substituents is 2. The maximum absolute atomic E-state index is 11.8. The fraction of sp³-hybridized carbons (Fsp3) is 0.286. The summed E-state index contributed by atoms with van der Waals surface area (Å²) in [6, 6.07) is 2.24. The van der Waals surface area contributed by atoms with Gasteiger partial charge < -0.3 is 14.8 Å². The molecule has 1 aromatic carbocycles. The Labute approximate surface area is 140 Å². The van der Waals surface area contributed by atoms with Crippen molar-refractivity contribution in [1.82, 2.24) is 0 Å². The highest BCUT2D eigenvalue weighted by molar-refractivity contribution is 6.15. The van der Waals surface area contributed by atoms with Crippen molar-refractivity contribution in [2.24, 2.45) is 0 Å². The van der Waals surface area contributed by atoms with Crippen molar-refractivity contribution < 1.29 is 28.9 Å². The van der Waals surface area contributed by atoms with Crippen LogP contribution in [-0.4, -0.2) is 27.6 Å². The second kappa shape index (κ2) is 6.19. The lowest BCUT2D eigenvalue weighted by Gasteiger charge is -2.29. The number of cyclic esters (lactones) is 2. The molecule has 1 heterocycles. The Kier molecular flexibility index (Phi) is 4.42. The van der Waals surface area contributed by atoms with E-state index in [0.717, 1.165) is 18.3 Å². The predicted octanol–water partition coefficient (Wildman–Crippen LogP) is 1.94. The Hall–Kier alpha value is -3.50. The summed E-state index contributed by atoms with van der Waals surface area (Å²) in [5.41, 5.74) is -1.92. The molecular formula is C14H13N3O8. The van der Waals surface area contributed by atoms with Gasteiger partial charge in [0.15, 0.2) is 11.3 Å². The first-order chi connectivity index (χ1) is 11.5.